The molecule has 26 heavy (non-hydrogen) atoms. The van der Waals surface area contributed by atoms with Crippen LogP contribution in [0.2, 0.25) is 0 Å². The Kier molecular flexibility index (Phi) is 4.90. The minimum atomic E-state index is -0.276. The van der Waals surface area contributed by atoms with Crippen molar-refractivity contribution >= 4 is 28.8 Å². The van der Waals surface area contributed by atoms with Gasteiger partial charge in [0.15, 0.2) is 5.78 Å². The number of rotatable bonds is 5. The van der Waals surface area contributed by atoms with Gasteiger partial charge in [-0.2, -0.15) is 5.10 Å². The van der Waals surface area contributed by atoms with E-state index in [1.54, 1.807) is 31.0 Å². The molecule has 1 N–H and O–H groups in total. The standard InChI is InChI=1S/C19H19N3O3S/c1-11-17(13-7-5-6-8-14(13)25-4)18(22(3)21-11)20-19(24)16-10-9-15(26-16)12(2)23/h5-10H,1-4H3,(H,20,24). The summed E-state index contributed by atoms with van der Waals surface area (Å²) in [5.41, 5.74) is 2.44. The largest absolute Gasteiger partial charge is 0.496 e. The zero-order valence-electron chi connectivity index (χ0n) is 15.0. The second kappa shape index (κ2) is 7.13. The lowest BCUT2D eigenvalue weighted by molar-refractivity contribution is 0.101. The Morgan fingerprint density at radius 3 is 2.50 bits per heavy atom. The lowest BCUT2D eigenvalue weighted by Crippen LogP contribution is -2.14. The van der Waals surface area contributed by atoms with Gasteiger partial charge in [-0.1, -0.05) is 18.2 Å². The van der Waals surface area contributed by atoms with Gasteiger partial charge in [0.25, 0.3) is 5.91 Å². The number of para-hydroxylation sites is 1. The number of anilines is 1. The van der Waals surface area contributed by atoms with Gasteiger partial charge in [0.05, 0.1) is 28.1 Å². The van der Waals surface area contributed by atoms with E-state index >= 15 is 0 Å². The molecule has 0 saturated carbocycles. The maximum Gasteiger partial charge on any atom is 0.266 e. The molecular weight excluding hydrogens is 350 g/mol. The van der Waals surface area contributed by atoms with Crippen molar-refractivity contribution in [2.45, 2.75) is 13.8 Å². The quantitative estimate of drug-likeness (QED) is 0.692. The van der Waals surface area contributed by atoms with Crippen molar-refractivity contribution in [2.75, 3.05) is 12.4 Å². The highest BCUT2D eigenvalue weighted by Crippen LogP contribution is 2.37. The van der Waals surface area contributed by atoms with Crippen LogP contribution in [-0.2, 0) is 7.05 Å². The number of hydrogen-bond donors (Lipinski definition) is 1. The number of Topliss-reactive ketones (excluding diaryl/α,β-unsaturated/α-hetero) is 1. The highest BCUT2D eigenvalue weighted by Gasteiger charge is 2.21. The lowest BCUT2D eigenvalue weighted by Gasteiger charge is -2.11. The van der Waals surface area contributed by atoms with E-state index < -0.39 is 0 Å². The van der Waals surface area contributed by atoms with Gasteiger partial charge in [-0.15, -0.1) is 11.3 Å². The number of hydrogen-bond acceptors (Lipinski definition) is 5. The molecule has 0 spiro atoms. The average molecular weight is 369 g/mol. The second-order valence-electron chi connectivity index (χ2n) is 5.81. The molecule has 1 aromatic carbocycles. The molecule has 2 aromatic heterocycles. The molecule has 0 aliphatic rings. The number of methoxy groups -OCH3 is 1. The third-order valence-corrected chi connectivity index (χ3v) is 5.19. The molecule has 0 aliphatic heterocycles. The molecule has 0 saturated heterocycles. The van der Waals surface area contributed by atoms with E-state index in [2.05, 4.69) is 10.4 Å². The fourth-order valence-electron chi connectivity index (χ4n) is 2.79. The topological polar surface area (TPSA) is 73.2 Å². The Balaban J connectivity index is 2.00. The Hall–Kier alpha value is -2.93. The summed E-state index contributed by atoms with van der Waals surface area (Å²) in [4.78, 5) is 25.2. The number of carbonyl (C=O) groups excluding carboxylic acids is 2. The fourth-order valence-corrected chi connectivity index (χ4v) is 3.59. The van der Waals surface area contributed by atoms with Crippen LogP contribution < -0.4 is 10.1 Å². The van der Waals surface area contributed by atoms with Crippen LogP contribution in [0.4, 0.5) is 5.82 Å². The molecule has 0 bridgehead atoms. The van der Waals surface area contributed by atoms with Gasteiger partial charge in [-0.25, -0.2) is 0 Å². The van der Waals surface area contributed by atoms with Crippen molar-refractivity contribution < 1.29 is 14.3 Å². The Morgan fingerprint density at radius 1 is 1.15 bits per heavy atom. The summed E-state index contributed by atoms with van der Waals surface area (Å²) in [7, 11) is 3.38. The summed E-state index contributed by atoms with van der Waals surface area (Å²) in [6.45, 7) is 3.37. The molecule has 0 unspecified atom stereocenters. The molecule has 7 heteroatoms. The van der Waals surface area contributed by atoms with E-state index in [4.69, 9.17) is 4.74 Å². The highest BCUT2D eigenvalue weighted by atomic mass is 32.1. The van der Waals surface area contributed by atoms with Crippen molar-refractivity contribution in [2.24, 2.45) is 7.05 Å². The minimum absolute atomic E-state index is 0.0554. The van der Waals surface area contributed by atoms with Crippen LogP contribution >= 0.6 is 11.3 Å². The molecule has 0 atom stereocenters. The number of thiophene rings is 1. The summed E-state index contributed by atoms with van der Waals surface area (Å²) in [6, 6.07) is 10.9. The summed E-state index contributed by atoms with van der Waals surface area (Å²) in [5.74, 6) is 0.950. The molecule has 0 aliphatic carbocycles. The first-order valence-corrected chi connectivity index (χ1v) is 8.83. The Bertz CT molecular complexity index is 988. The van der Waals surface area contributed by atoms with E-state index in [0.29, 0.717) is 21.3 Å². The van der Waals surface area contributed by atoms with Gasteiger partial charge in [0.1, 0.15) is 11.6 Å². The van der Waals surface area contributed by atoms with E-state index in [9.17, 15) is 9.59 Å². The number of nitrogens with zero attached hydrogens (tertiary/aromatic N) is 2. The molecule has 134 valence electrons. The number of nitrogens with one attached hydrogen (secondary N) is 1. The van der Waals surface area contributed by atoms with Crippen LogP contribution in [-0.4, -0.2) is 28.6 Å². The zero-order valence-corrected chi connectivity index (χ0v) is 15.8. The first kappa shape index (κ1) is 17.9. The van der Waals surface area contributed by atoms with E-state index in [1.807, 2.05) is 31.2 Å². The number of amides is 1. The normalized spacial score (nSPS) is 10.6. The Labute approximate surface area is 155 Å². The van der Waals surface area contributed by atoms with Gasteiger partial charge in [0, 0.05) is 12.6 Å². The van der Waals surface area contributed by atoms with E-state index in [-0.39, 0.29) is 11.7 Å². The van der Waals surface area contributed by atoms with Crippen molar-refractivity contribution in [1.29, 1.82) is 0 Å². The molecule has 0 fully saturated rings. The molecule has 0 radical (unpaired) electrons. The van der Waals surface area contributed by atoms with Crippen LogP contribution in [0.25, 0.3) is 11.1 Å². The maximum absolute atomic E-state index is 12.7. The van der Waals surface area contributed by atoms with Gasteiger partial charge in [0.2, 0.25) is 0 Å². The van der Waals surface area contributed by atoms with Gasteiger partial charge in [-0.3, -0.25) is 14.3 Å². The van der Waals surface area contributed by atoms with Crippen molar-refractivity contribution in [1.82, 2.24) is 9.78 Å². The number of carbonyl (C=O) groups is 2. The monoisotopic (exact) mass is 369 g/mol. The van der Waals surface area contributed by atoms with Crippen molar-refractivity contribution in [3.63, 3.8) is 0 Å². The first-order chi connectivity index (χ1) is 12.4. The highest BCUT2D eigenvalue weighted by molar-refractivity contribution is 7.16. The minimum Gasteiger partial charge on any atom is -0.496 e. The smallest absolute Gasteiger partial charge is 0.266 e. The van der Waals surface area contributed by atoms with Gasteiger partial charge in [-0.05, 0) is 32.0 Å². The SMILES string of the molecule is COc1ccccc1-c1c(C)nn(C)c1NC(=O)c1ccc(C(C)=O)s1. The van der Waals surface area contributed by atoms with Crippen LogP contribution in [0.3, 0.4) is 0 Å². The van der Waals surface area contributed by atoms with Gasteiger partial charge >= 0.3 is 0 Å². The number of ether oxygens (including phenoxy) is 1. The molecular formula is C19H19N3O3S. The summed E-state index contributed by atoms with van der Waals surface area (Å²) in [6.07, 6.45) is 0. The fraction of sp³-hybridized carbons (Fsp3) is 0.211. The maximum atomic E-state index is 12.7. The molecule has 3 aromatic rings. The van der Waals surface area contributed by atoms with Crippen LogP contribution in [0.1, 0.15) is 32.0 Å². The zero-order chi connectivity index (χ0) is 18.8. The number of aryl methyl sites for hydroxylation is 2. The van der Waals surface area contributed by atoms with Crippen molar-refractivity contribution in [3.05, 3.63) is 51.8 Å². The first-order valence-electron chi connectivity index (χ1n) is 8.01. The molecule has 6 nitrogen and oxygen atoms in total. The molecule has 3 rings (SSSR count). The molecule has 2 heterocycles. The summed E-state index contributed by atoms with van der Waals surface area (Å²) in [5, 5.41) is 7.36. The lowest BCUT2D eigenvalue weighted by atomic mass is 10.0. The van der Waals surface area contributed by atoms with E-state index in [1.165, 1.54) is 18.3 Å². The van der Waals surface area contributed by atoms with Gasteiger partial charge < -0.3 is 10.1 Å². The van der Waals surface area contributed by atoms with E-state index in [0.717, 1.165) is 16.8 Å². The Morgan fingerprint density at radius 2 is 1.85 bits per heavy atom. The van der Waals surface area contributed by atoms with Crippen LogP contribution in [0.15, 0.2) is 36.4 Å². The summed E-state index contributed by atoms with van der Waals surface area (Å²) < 4.78 is 7.09. The summed E-state index contributed by atoms with van der Waals surface area (Å²) >= 11 is 1.17. The predicted molar refractivity (Wildman–Crippen MR) is 102 cm³/mol. The number of benzene rings is 1. The molecule has 1 amide bonds. The second-order valence-corrected chi connectivity index (χ2v) is 6.89. The number of aromatic nitrogens is 2. The van der Waals surface area contributed by atoms with Crippen molar-refractivity contribution in [3.8, 4) is 16.9 Å². The average Bonchev–Trinajstić information content (AvgIpc) is 3.21. The van der Waals surface area contributed by atoms with Crippen LogP contribution in [0, 0.1) is 6.92 Å². The predicted octanol–water partition coefficient (Wildman–Crippen LogP) is 3.92. The van der Waals surface area contributed by atoms with Crippen LogP contribution in [0.5, 0.6) is 5.75 Å². The number of ketones is 1. The third kappa shape index (κ3) is 3.25. The third-order valence-electron chi connectivity index (χ3n) is 4.01.